The third-order valence-electron chi connectivity index (χ3n) is 3.85. The van der Waals surface area contributed by atoms with Gasteiger partial charge in [-0.25, -0.2) is 4.39 Å². The molecule has 1 heterocycles. The van der Waals surface area contributed by atoms with Gasteiger partial charge >= 0.3 is 0 Å². The minimum atomic E-state index is -0.204. The van der Waals surface area contributed by atoms with Crippen LogP contribution in [0.1, 0.15) is 11.1 Å². The highest BCUT2D eigenvalue weighted by molar-refractivity contribution is 6.00. The first kappa shape index (κ1) is 12.2. The molecule has 0 amide bonds. The average Bonchev–Trinajstić information content (AvgIpc) is 2.54. The lowest BCUT2D eigenvalue weighted by atomic mass is 9.91. The van der Waals surface area contributed by atoms with E-state index >= 15 is 0 Å². The molecule has 0 atom stereocenters. The Labute approximate surface area is 122 Å². The van der Waals surface area contributed by atoms with Gasteiger partial charge in [0.25, 0.3) is 0 Å². The molecule has 1 aliphatic heterocycles. The van der Waals surface area contributed by atoms with Gasteiger partial charge in [-0.1, -0.05) is 48.5 Å². The maximum atomic E-state index is 14.2. The zero-order valence-electron chi connectivity index (χ0n) is 11.3. The third kappa shape index (κ3) is 1.91. The zero-order valence-corrected chi connectivity index (χ0v) is 11.3. The van der Waals surface area contributed by atoms with Gasteiger partial charge in [-0.3, -0.25) is 0 Å². The molecule has 0 fully saturated rings. The maximum absolute atomic E-state index is 14.2. The fourth-order valence-electron chi connectivity index (χ4n) is 2.89. The van der Waals surface area contributed by atoms with Crippen molar-refractivity contribution in [2.75, 3.05) is 6.61 Å². The monoisotopic (exact) mass is 276 g/mol. The molecule has 3 aromatic rings. The SMILES string of the molecule is Fc1ccccc1C1=CCOc2ccc3ccccc3c21. The summed E-state index contributed by atoms with van der Waals surface area (Å²) in [6.45, 7) is 0.467. The number of halogens is 1. The summed E-state index contributed by atoms with van der Waals surface area (Å²) in [6, 6.07) is 19.0. The van der Waals surface area contributed by atoms with E-state index in [0.717, 1.165) is 27.7 Å². The van der Waals surface area contributed by atoms with Crippen molar-refractivity contribution in [3.8, 4) is 5.75 Å². The molecule has 0 unspecified atom stereocenters. The van der Waals surface area contributed by atoms with Crippen LogP contribution in [-0.4, -0.2) is 6.61 Å². The molecule has 3 aromatic carbocycles. The Hall–Kier alpha value is -2.61. The van der Waals surface area contributed by atoms with E-state index in [-0.39, 0.29) is 5.82 Å². The summed E-state index contributed by atoms with van der Waals surface area (Å²) in [5, 5.41) is 2.22. The Morgan fingerprint density at radius 1 is 0.857 bits per heavy atom. The number of hydrogen-bond acceptors (Lipinski definition) is 1. The standard InChI is InChI=1S/C19H13FO/c20-17-8-4-3-7-15(17)16-11-12-21-18-10-9-13-5-1-2-6-14(13)19(16)18/h1-11H,12H2. The number of hydrogen-bond donors (Lipinski definition) is 0. The van der Waals surface area contributed by atoms with Crippen molar-refractivity contribution < 1.29 is 9.13 Å². The van der Waals surface area contributed by atoms with Crippen LogP contribution in [0.25, 0.3) is 16.3 Å². The van der Waals surface area contributed by atoms with E-state index in [4.69, 9.17) is 4.74 Å². The Balaban J connectivity index is 2.04. The van der Waals surface area contributed by atoms with E-state index in [1.807, 2.05) is 42.5 Å². The van der Waals surface area contributed by atoms with Gasteiger partial charge in [-0.2, -0.15) is 0 Å². The molecule has 0 aromatic heterocycles. The summed E-state index contributed by atoms with van der Waals surface area (Å²) >= 11 is 0. The van der Waals surface area contributed by atoms with Crippen molar-refractivity contribution in [1.29, 1.82) is 0 Å². The lowest BCUT2D eigenvalue weighted by Crippen LogP contribution is -2.07. The lowest BCUT2D eigenvalue weighted by Gasteiger charge is -2.21. The second-order valence-electron chi connectivity index (χ2n) is 5.07. The molecule has 21 heavy (non-hydrogen) atoms. The smallest absolute Gasteiger partial charge is 0.131 e. The molecule has 0 saturated carbocycles. The summed E-state index contributed by atoms with van der Waals surface area (Å²) in [6.07, 6.45) is 1.95. The van der Waals surface area contributed by atoms with Crippen LogP contribution in [0.4, 0.5) is 4.39 Å². The van der Waals surface area contributed by atoms with Gasteiger partial charge in [0.2, 0.25) is 0 Å². The van der Waals surface area contributed by atoms with E-state index in [1.54, 1.807) is 6.07 Å². The van der Waals surface area contributed by atoms with E-state index in [2.05, 4.69) is 12.1 Å². The van der Waals surface area contributed by atoms with Crippen molar-refractivity contribution in [2.45, 2.75) is 0 Å². The van der Waals surface area contributed by atoms with Gasteiger partial charge < -0.3 is 4.74 Å². The zero-order chi connectivity index (χ0) is 14.2. The summed E-state index contributed by atoms with van der Waals surface area (Å²) in [5.41, 5.74) is 2.51. The molecule has 0 spiro atoms. The third-order valence-corrected chi connectivity index (χ3v) is 3.85. The first-order chi connectivity index (χ1) is 10.3. The predicted molar refractivity (Wildman–Crippen MR) is 82.9 cm³/mol. The van der Waals surface area contributed by atoms with E-state index in [0.29, 0.717) is 12.2 Å². The normalized spacial score (nSPS) is 13.5. The van der Waals surface area contributed by atoms with Crippen LogP contribution in [0, 0.1) is 5.82 Å². The minimum Gasteiger partial charge on any atom is -0.489 e. The first-order valence-corrected chi connectivity index (χ1v) is 6.94. The van der Waals surface area contributed by atoms with Crippen LogP contribution in [-0.2, 0) is 0 Å². The summed E-state index contributed by atoms with van der Waals surface area (Å²) in [5.74, 6) is 0.610. The Morgan fingerprint density at radius 3 is 2.57 bits per heavy atom. The van der Waals surface area contributed by atoms with Crippen molar-refractivity contribution in [1.82, 2.24) is 0 Å². The molecule has 1 aliphatic rings. The maximum Gasteiger partial charge on any atom is 0.131 e. The van der Waals surface area contributed by atoms with Crippen molar-refractivity contribution in [3.63, 3.8) is 0 Å². The Kier molecular flexibility index (Phi) is 2.74. The average molecular weight is 276 g/mol. The molecule has 2 heteroatoms. The molecule has 1 nitrogen and oxygen atoms in total. The second kappa shape index (κ2) is 4.74. The first-order valence-electron chi connectivity index (χ1n) is 6.94. The lowest BCUT2D eigenvalue weighted by molar-refractivity contribution is 0.358. The molecule has 4 rings (SSSR count). The van der Waals surface area contributed by atoms with E-state index in [1.165, 1.54) is 6.07 Å². The number of rotatable bonds is 1. The molecular weight excluding hydrogens is 263 g/mol. The van der Waals surface area contributed by atoms with Crippen LogP contribution >= 0.6 is 0 Å². The molecule has 0 saturated heterocycles. The molecule has 0 aliphatic carbocycles. The van der Waals surface area contributed by atoms with Crippen LogP contribution in [0.3, 0.4) is 0 Å². The predicted octanol–water partition coefficient (Wildman–Crippen LogP) is 4.80. The highest BCUT2D eigenvalue weighted by atomic mass is 19.1. The fourth-order valence-corrected chi connectivity index (χ4v) is 2.89. The van der Waals surface area contributed by atoms with Crippen LogP contribution in [0.15, 0.2) is 66.7 Å². The van der Waals surface area contributed by atoms with Crippen molar-refractivity contribution >= 4 is 16.3 Å². The summed E-state index contributed by atoms with van der Waals surface area (Å²) in [4.78, 5) is 0. The van der Waals surface area contributed by atoms with Crippen LogP contribution in [0.5, 0.6) is 5.75 Å². The molecular formula is C19H13FO. The second-order valence-corrected chi connectivity index (χ2v) is 5.07. The van der Waals surface area contributed by atoms with E-state index < -0.39 is 0 Å². The van der Waals surface area contributed by atoms with Gasteiger partial charge in [-0.05, 0) is 34.6 Å². The molecule has 0 radical (unpaired) electrons. The highest BCUT2D eigenvalue weighted by Crippen LogP contribution is 2.39. The van der Waals surface area contributed by atoms with Gasteiger partial charge in [0.05, 0.1) is 0 Å². The van der Waals surface area contributed by atoms with Crippen molar-refractivity contribution in [2.24, 2.45) is 0 Å². The topological polar surface area (TPSA) is 9.23 Å². The number of ether oxygens (including phenoxy) is 1. The highest BCUT2D eigenvalue weighted by Gasteiger charge is 2.20. The van der Waals surface area contributed by atoms with Gasteiger partial charge in [0.15, 0.2) is 0 Å². The number of benzene rings is 3. The van der Waals surface area contributed by atoms with Crippen LogP contribution in [0.2, 0.25) is 0 Å². The van der Waals surface area contributed by atoms with E-state index in [9.17, 15) is 4.39 Å². The van der Waals surface area contributed by atoms with Gasteiger partial charge in [-0.15, -0.1) is 0 Å². The largest absolute Gasteiger partial charge is 0.489 e. The Bertz CT molecular complexity index is 864. The number of fused-ring (bicyclic) bond motifs is 3. The molecule has 0 N–H and O–H groups in total. The molecule has 0 bridgehead atoms. The molecule has 102 valence electrons. The van der Waals surface area contributed by atoms with Gasteiger partial charge in [0, 0.05) is 11.1 Å². The summed E-state index contributed by atoms with van der Waals surface area (Å²) in [7, 11) is 0. The minimum absolute atomic E-state index is 0.204. The Morgan fingerprint density at radius 2 is 1.67 bits per heavy atom. The van der Waals surface area contributed by atoms with Gasteiger partial charge in [0.1, 0.15) is 18.2 Å². The fraction of sp³-hybridized carbons (Fsp3) is 0.0526. The van der Waals surface area contributed by atoms with Crippen LogP contribution < -0.4 is 4.74 Å². The quantitative estimate of drug-likeness (QED) is 0.620. The summed E-state index contributed by atoms with van der Waals surface area (Å²) < 4.78 is 19.9. The van der Waals surface area contributed by atoms with Crippen molar-refractivity contribution in [3.05, 3.63) is 83.7 Å².